The number of carbonyl (C=O) groups excluding carboxylic acids is 2. The number of hydrogen-bond donors (Lipinski definition) is 4. The Balaban J connectivity index is 0.000000182. The Hall–Kier alpha value is -8.78. The van der Waals surface area contributed by atoms with Crippen LogP contribution >= 0.6 is 0 Å². The van der Waals surface area contributed by atoms with E-state index in [9.17, 15) is 28.6 Å². The molecule has 460 valence electrons. The molecule has 4 N–H and O–H groups in total. The van der Waals surface area contributed by atoms with E-state index in [0.717, 1.165) is 59.7 Å². The van der Waals surface area contributed by atoms with Gasteiger partial charge in [-0.3, -0.25) is 38.5 Å². The maximum absolute atomic E-state index is 13.5. The summed E-state index contributed by atoms with van der Waals surface area (Å²) in [7, 11) is 0. The predicted molar refractivity (Wildman–Crippen MR) is 323 cm³/mol. The van der Waals surface area contributed by atoms with E-state index in [-0.39, 0.29) is 61.5 Å². The van der Waals surface area contributed by atoms with E-state index in [0.29, 0.717) is 110 Å². The Labute approximate surface area is 506 Å². The van der Waals surface area contributed by atoms with Gasteiger partial charge < -0.3 is 49.3 Å². The zero-order chi connectivity index (χ0) is 60.9. The van der Waals surface area contributed by atoms with Gasteiger partial charge in [-0.05, 0) is 97.8 Å². The molecule has 4 atom stereocenters. The minimum absolute atomic E-state index is 0.0363. The monoisotopic (exact) mass is 1200 g/mol. The number of benzene rings is 4. The number of halogens is 2. The molecule has 88 heavy (non-hydrogen) atoms. The number of nitrogens with one attached hydrogen (secondary N) is 2. The number of anilines is 2. The van der Waals surface area contributed by atoms with Crippen molar-refractivity contribution in [2.24, 2.45) is 9.98 Å². The highest BCUT2D eigenvalue weighted by Crippen LogP contribution is 2.39. The van der Waals surface area contributed by atoms with Crippen LogP contribution in [0.5, 0.6) is 23.0 Å². The van der Waals surface area contributed by atoms with Crippen LogP contribution in [0.2, 0.25) is 0 Å². The van der Waals surface area contributed by atoms with Gasteiger partial charge in [0.25, 0.3) is 11.8 Å². The van der Waals surface area contributed by atoms with Gasteiger partial charge in [0.1, 0.15) is 59.7 Å². The van der Waals surface area contributed by atoms with Gasteiger partial charge in [-0.15, -0.1) is 0 Å². The highest BCUT2D eigenvalue weighted by molar-refractivity contribution is 5.98. The van der Waals surface area contributed by atoms with Crippen molar-refractivity contribution in [3.8, 4) is 23.0 Å². The second kappa shape index (κ2) is 28.8. The highest BCUT2D eigenvalue weighted by Gasteiger charge is 2.27. The number of aromatic nitrogens is 6. The number of β-amino-alcohol motifs (C(OH)–C–C–N with tert-alkyl or cyclic N) is 2. The summed E-state index contributed by atoms with van der Waals surface area (Å²) in [6.07, 6.45) is 5.86. The molecule has 22 nitrogen and oxygen atoms in total. The average Bonchev–Trinajstić information content (AvgIpc) is 1.75. The molecular weight excluding hydrogens is 1130 g/mol. The molecule has 0 saturated carbocycles. The summed E-state index contributed by atoms with van der Waals surface area (Å²) < 4.78 is 66.8. The smallest absolute Gasteiger partial charge is 0.281 e. The summed E-state index contributed by atoms with van der Waals surface area (Å²) in [5, 5.41) is 29.9. The summed E-state index contributed by atoms with van der Waals surface area (Å²) in [5.74, 6) is 1.58. The largest absolute Gasteiger partial charge is 0.487 e. The van der Waals surface area contributed by atoms with Crippen molar-refractivity contribution in [1.29, 1.82) is 0 Å². The fourth-order valence-electron chi connectivity index (χ4n) is 11.0. The SMILES string of the molecule is C[C@@H]1CN(C[C@@H](O)COc2ccc3c4n(c(=NC(=O)c5cccnc5)nc3c2OCCc2ccc(F)cc2)CCN4)C[C@H](C)O1.O=C(N=c1nc2c(OCCc3ccc(F)cc3)c(OCC(O)CN3CCOCC3)ccc2c2n1CCN2)c1cccnc1. The number of aliphatic hydroxyl groups excluding tert-OH is 2. The van der Waals surface area contributed by atoms with Crippen LogP contribution in [0.3, 0.4) is 0 Å². The summed E-state index contributed by atoms with van der Waals surface area (Å²) in [4.78, 5) is 56.7. The number of aliphatic hydroxyl groups is 2. The van der Waals surface area contributed by atoms with E-state index in [2.05, 4.69) is 40.4 Å². The maximum Gasteiger partial charge on any atom is 0.281 e. The lowest BCUT2D eigenvalue weighted by Crippen LogP contribution is -2.48. The molecule has 0 spiro atoms. The summed E-state index contributed by atoms with van der Waals surface area (Å²) in [5.41, 5.74) is 3.92. The number of amides is 2. The molecule has 24 heteroatoms. The van der Waals surface area contributed by atoms with Crippen LogP contribution in [-0.2, 0) is 35.4 Å². The van der Waals surface area contributed by atoms with Gasteiger partial charge in [0.2, 0.25) is 11.2 Å². The van der Waals surface area contributed by atoms with Crippen molar-refractivity contribution >= 4 is 45.3 Å². The molecule has 1 unspecified atom stereocenters. The Morgan fingerprint density at radius 1 is 0.614 bits per heavy atom. The van der Waals surface area contributed by atoms with Crippen LogP contribution in [0.25, 0.3) is 21.8 Å². The van der Waals surface area contributed by atoms with E-state index in [1.165, 1.54) is 36.7 Å². The van der Waals surface area contributed by atoms with E-state index >= 15 is 0 Å². The van der Waals surface area contributed by atoms with Crippen LogP contribution in [0.15, 0.2) is 132 Å². The third-order valence-electron chi connectivity index (χ3n) is 15.1. The summed E-state index contributed by atoms with van der Waals surface area (Å²) in [6, 6.07) is 26.6. The van der Waals surface area contributed by atoms with Crippen LogP contribution < -0.4 is 40.8 Å². The van der Waals surface area contributed by atoms with E-state index < -0.39 is 24.0 Å². The standard InChI is InChI=1S/C33H37FN6O5.C31H33FN6O5/c1-21-17-39(18-22(2)45-21)19-26(41)20-44-28-10-9-27-29(30(28)43-15-11-23-5-7-25(34)8-6-23)37-33(40-14-13-36-31(27)40)38-32(42)24-4-3-12-35-16-24;32-23-5-3-21(4-6-23)9-15-42-28-26(43-20-24(39)19-37-13-16-41-17-14-37)8-7-25-27(28)35-31(38-12-11-34-29(25)38)36-30(40)22-2-1-10-33-18-22/h3-10,12,16,21-22,26,36,41H,11,13-15,17-20H2,1-2H3;1-8,10,18,24,34,39H,9,11-17,19-20H2/t21-,22+,26-;/m1./s1. The highest BCUT2D eigenvalue weighted by atomic mass is 19.1. The predicted octanol–water partition coefficient (Wildman–Crippen LogP) is 5.64. The first-order chi connectivity index (χ1) is 42.9. The van der Waals surface area contributed by atoms with E-state index in [1.807, 2.05) is 35.1 Å². The van der Waals surface area contributed by atoms with Crippen LogP contribution in [0.1, 0.15) is 45.7 Å². The molecule has 8 aromatic rings. The Kier molecular flexibility index (Phi) is 19.9. The number of ether oxygens (including phenoxy) is 6. The van der Waals surface area contributed by atoms with E-state index in [1.54, 1.807) is 73.1 Å². The molecule has 4 aliphatic rings. The fraction of sp³-hybridized carbons (Fsp3) is 0.375. The number of hydrogen-bond acceptors (Lipinski definition) is 18. The molecule has 4 aromatic carbocycles. The average molecular weight is 1210 g/mol. The number of nitrogens with zero attached hydrogens (tertiary/aromatic N) is 10. The molecule has 0 radical (unpaired) electrons. The zero-order valence-corrected chi connectivity index (χ0v) is 49.0. The maximum atomic E-state index is 13.5. The van der Waals surface area contributed by atoms with Crippen molar-refractivity contribution in [3.63, 3.8) is 0 Å². The van der Waals surface area contributed by atoms with Crippen molar-refractivity contribution in [3.05, 3.63) is 167 Å². The van der Waals surface area contributed by atoms with Gasteiger partial charge in [-0.25, -0.2) is 18.7 Å². The minimum atomic E-state index is -0.752. The van der Waals surface area contributed by atoms with Gasteiger partial charge in [0.15, 0.2) is 23.0 Å². The van der Waals surface area contributed by atoms with Crippen molar-refractivity contribution in [2.75, 3.05) is 103 Å². The number of fused-ring (bicyclic) bond motifs is 6. The van der Waals surface area contributed by atoms with Gasteiger partial charge in [-0.1, -0.05) is 24.3 Å². The Morgan fingerprint density at radius 2 is 1.07 bits per heavy atom. The quantitative estimate of drug-likeness (QED) is 0.0721. The molecular formula is C64H70F2N12O10. The van der Waals surface area contributed by atoms with Gasteiger partial charge in [0.05, 0.1) is 49.8 Å². The second-order valence-corrected chi connectivity index (χ2v) is 21.8. The molecule has 0 aliphatic carbocycles. The molecule has 8 heterocycles. The van der Waals surface area contributed by atoms with E-state index in [4.69, 9.17) is 38.4 Å². The molecule has 12 rings (SSSR count). The third-order valence-corrected chi connectivity index (χ3v) is 15.1. The number of carbonyl (C=O) groups is 2. The normalized spacial score (nSPS) is 17.7. The first-order valence-corrected chi connectivity index (χ1v) is 29.5. The van der Waals surface area contributed by atoms with Crippen LogP contribution in [-0.4, -0.2) is 177 Å². The Bertz CT molecular complexity index is 3850. The fourth-order valence-corrected chi connectivity index (χ4v) is 11.0. The van der Waals surface area contributed by atoms with Gasteiger partial charge in [-0.2, -0.15) is 9.98 Å². The molecule has 4 aliphatic heterocycles. The third kappa shape index (κ3) is 15.3. The molecule has 4 aromatic heterocycles. The first kappa shape index (κ1) is 60.9. The second-order valence-electron chi connectivity index (χ2n) is 21.8. The lowest BCUT2D eigenvalue weighted by molar-refractivity contribution is -0.0787. The summed E-state index contributed by atoms with van der Waals surface area (Å²) in [6.45, 7) is 12.3. The molecule has 2 fully saturated rings. The van der Waals surface area contributed by atoms with Crippen molar-refractivity contribution < 1.29 is 57.0 Å². The molecule has 2 saturated heterocycles. The minimum Gasteiger partial charge on any atom is -0.487 e. The lowest BCUT2D eigenvalue weighted by Gasteiger charge is -2.36. The Morgan fingerprint density at radius 3 is 1.51 bits per heavy atom. The zero-order valence-electron chi connectivity index (χ0n) is 49.0. The first-order valence-electron chi connectivity index (χ1n) is 29.5. The molecule has 0 bridgehead atoms. The van der Waals surface area contributed by atoms with Crippen LogP contribution in [0.4, 0.5) is 20.4 Å². The molecule has 2 amide bonds. The topological polar surface area (TPSA) is 247 Å². The van der Waals surface area contributed by atoms with Gasteiger partial charge in [0, 0.05) is 114 Å². The number of morpholine rings is 2. The number of pyridine rings is 2. The lowest BCUT2D eigenvalue weighted by atomic mass is 10.1. The summed E-state index contributed by atoms with van der Waals surface area (Å²) >= 11 is 0. The van der Waals surface area contributed by atoms with Crippen molar-refractivity contribution in [1.82, 2.24) is 38.9 Å². The number of rotatable bonds is 20. The van der Waals surface area contributed by atoms with Crippen LogP contribution in [0, 0.1) is 11.6 Å². The van der Waals surface area contributed by atoms with Gasteiger partial charge >= 0.3 is 0 Å². The van der Waals surface area contributed by atoms with Crippen molar-refractivity contribution in [2.45, 2.75) is 64.2 Å².